The number of rotatable bonds is 3. The van der Waals surface area contributed by atoms with Crippen LogP contribution >= 0.6 is 11.6 Å². The van der Waals surface area contributed by atoms with Gasteiger partial charge in [-0.3, -0.25) is 0 Å². The third-order valence-corrected chi connectivity index (χ3v) is 3.42. The molecular weight excluding hydrogens is 287 g/mol. The van der Waals surface area contributed by atoms with Crippen LogP contribution in [0, 0.1) is 24.4 Å². The Hall–Kier alpha value is -1.52. The summed E-state index contributed by atoms with van der Waals surface area (Å²) in [5.74, 6) is -3.07. The highest BCUT2D eigenvalue weighted by molar-refractivity contribution is 6.30. The Labute approximate surface area is 120 Å². The average molecular weight is 300 g/mol. The first kappa shape index (κ1) is 14.9. The molecule has 106 valence electrons. The zero-order chi connectivity index (χ0) is 14.9. The van der Waals surface area contributed by atoms with E-state index in [9.17, 15) is 13.2 Å². The molecule has 0 saturated heterocycles. The van der Waals surface area contributed by atoms with Gasteiger partial charge in [0.1, 0.15) is 5.82 Å². The highest BCUT2D eigenvalue weighted by atomic mass is 35.5. The van der Waals surface area contributed by atoms with Crippen LogP contribution in [0.4, 0.5) is 13.2 Å². The van der Waals surface area contributed by atoms with Crippen LogP contribution in [-0.2, 0) is 0 Å². The van der Waals surface area contributed by atoms with Crippen LogP contribution in [-0.4, -0.2) is 7.05 Å². The van der Waals surface area contributed by atoms with Gasteiger partial charge in [0.2, 0.25) is 0 Å². The quantitative estimate of drug-likeness (QED) is 0.830. The van der Waals surface area contributed by atoms with E-state index in [0.717, 1.165) is 17.2 Å². The Bertz CT molecular complexity index is 643. The van der Waals surface area contributed by atoms with E-state index < -0.39 is 23.5 Å². The van der Waals surface area contributed by atoms with Crippen LogP contribution in [0.2, 0.25) is 5.02 Å². The van der Waals surface area contributed by atoms with Crippen molar-refractivity contribution in [2.45, 2.75) is 13.0 Å². The maximum absolute atomic E-state index is 13.9. The molecule has 2 aromatic carbocycles. The van der Waals surface area contributed by atoms with Crippen LogP contribution in [0.5, 0.6) is 0 Å². The lowest BCUT2D eigenvalue weighted by Gasteiger charge is -2.20. The van der Waals surface area contributed by atoms with Crippen molar-refractivity contribution in [2.75, 3.05) is 7.05 Å². The SMILES string of the molecule is CNC(c1ccc(Cl)cc1C)c1cc(F)c(F)cc1F. The molecule has 5 heteroatoms. The maximum atomic E-state index is 13.9. The Kier molecular flexibility index (Phi) is 4.35. The second-order valence-corrected chi connectivity index (χ2v) is 4.95. The summed E-state index contributed by atoms with van der Waals surface area (Å²) in [6.45, 7) is 1.82. The van der Waals surface area contributed by atoms with Crippen LogP contribution in [0.25, 0.3) is 0 Å². The zero-order valence-corrected chi connectivity index (χ0v) is 11.7. The van der Waals surface area contributed by atoms with E-state index in [0.29, 0.717) is 11.1 Å². The maximum Gasteiger partial charge on any atom is 0.161 e. The highest BCUT2D eigenvalue weighted by Crippen LogP contribution is 2.29. The molecule has 1 N–H and O–H groups in total. The van der Waals surface area contributed by atoms with Crippen molar-refractivity contribution in [2.24, 2.45) is 0 Å². The Morgan fingerprint density at radius 1 is 0.950 bits per heavy atom. The fourth-order valence-electron chi connectivity index (χ4n) is 2.20. The van der Waals surface area contributed by atoms with Gasteiger partial charge in [-0.25, -0.2) is 13.2 Å². The Morgan fingerprint density at radius 2 is 1.60 bits per heavy atom. The van der Waals surface area contributed by atoms with Gasteiger partial charge >= 0.3 is 0 Å². The summed E-state index contributed by atoms with van der Waals surface area (Å²) in [5, 5.41) is 3.47. The lowest BCUT2D eigenvalue weighted by atomic mass is 9.94. The topological polar surface area (TPSA) is 12.0 Å². The first-order chi connectivity index (χ1) is 9.43. The molecule has 0 heterocycles. The van der Waals surface area contributed by atoms with Crippen molar-refractivity contribution in [3.8, 4) is 0 Å². The summed E-state index contributed by atoms with van der Waals surface area (Å²) in [6, 6.07) is 5.99. The molecule has 0 spiro atoms. The molecule has 0 amide bonds. The summed E-state index contributed by atoms with van der Waals surface area (Å²) in [6.07, 6.45) is 0. The second kappa shape index (κ2) is 5.85. The van der Waals surface area contributed by atoms with Crippen LogP contribution < -0.4 is 5.32 Å². The smallest absolute Gasteiger partial charge is 0.161 e. The number of nitrogens with one attached hydrogen (secondary N) is 1. The fourth-order valence-corrected chi connectivity index (χ4v) is 2.43. The van der Waals surface area contributed by atoms with Crippen molar-refractivity contribution in [1.29, 1.82) is 0 Å². The molecular formula is C15H13ClF3N. The number of hydrogen-bond acceptors (Lipinski definition) is 1. The summed E-state index contributed by atoms with van der Waals surface area (Å²) < 4.78 is 40.2. The minimum atomic E-state index is -1.20. The predicted octanol–water partition coefficient (Wildman–Crippen LogP) is 4.37. The Morgan fingerprint density at radius 3 is 2.20 bits per heavy atom. The molecule has 0 saturated carbocycles. The van der Waals surface area contributed by atoms with E-state index in [2.05, 4.69) is 5.32 Å². The van der Waals surface area contributed by atoms with E-state index in [4.69, 9.17) is 11.6 Å². The van der Waals surface area contributed by atoms with E-state index in [1.807, 2.05) is 6.92 Å². The largest absolute Gasteiger partial charge is 0.309 e. The second-order valence-electron chi connectivity index (χ2n) is 4.51. The van der Waals surface area contributed by atoms with Gasteiger partial charge in [0.25, 0.3) is 0 Å². The lowest BCUT2D eigenvalue weighted by Crippen LogP contribution is -2.20. The molecule has 0 aromatic heterocycles. The third-order valence-electron chi connectivity index (χ3n) is 3.18. The van der Waals surface area contributed by atoms with Gasteiger partial charge in [-0.2, -0.15) is 0 Å². The molecule has 1 atom stereocenters. The summed E-state index contributed by atoms with van der Waals surface area (Å²) in [4.78, 5) is 0. The summed E-state index contributed by atoms with van der Waals surface area (Å²) in [7, 11) is 1.62. The van der Waals surface area contributed by atoms with Gasteiger partial charge in [-0.05, 0) is 43.3 Å². The number of aryl methyl sites for hydroxylation is 1. The molecule has 0 aliphatic carbocycles. The average Bonchev–Trinajstić information content (AvgIpc) is 2.38. The van der Waals surface area contributed by atoms with Crippen molar-refractivity contribution in [3.63, 3.8) is 0 Å². The molecule has 1 unspecified atom stereocenters. The van der Waals surface area contributed by atoms with Gasteiger partial charge in [0.15, 0.2) is 11.6 Å². The van der Waals surface area contributed by atoms with Crippen molar-refractivity contribution in [1.82, 2.24) is 5.32 Å². The minimum absolute atomic E-state index is 0.0526. The standard InChI is InChI=1S/C15H13ClF3N/c1-8-5-9(16)3-4-10(8)15(20-2)11-6-13(18)14(19)7-12(11)17/h3-7,15,20H,1-2H3. The third kappa shape index (κ3) is 2.81. The molecule has 1 nitrogen and oxygen atoms in total. The fraction of sp³-hybridized carbons (Fsp3) is 0.200. The molecule has 0 fully saturated rings. The van der Waals surface area contributed by atoms with Crippen molar-refractivity contribution in [3.05, 3.63) is 69.5 Å². The predicted molar refractivity (Wildman–Crippen MR) is 73.4 cm³/mol. The molecule has 0 radical (unpaired) electrons. The molecule has 20 heavy (non-hydrogen) atoms. The number of benzene rings is 2. The van der Waals surface area contributed by atoms with E-state index in [-0.39, 0.29) is 5.56 Å². The van der Waals surface area contributed by atoms with Gasteiger partial charge in [-0.15, -0.1) is 0 Å². The van der Waals surface area contributed by atoms with Gasteiger partial charge in [0, 0.05) is 16.7 Å². The minimum Gasteiger partial charge on any atom is -0.309 e. The molecule has 0 aliphatic heterocycles. The van der Waals surface area contributed by atoms with Gasteiger partial charge in [0.05, 0.1) is 6.04 Å². The van der Waals surface area contributed by atoms with E-state index in [1.54, 1.807) is 25.2 Å². The van der Waals surface area contributed by atoms with Crippen molar-refractivity contribution < 1.29 is 13.2 Å². The zero-order valence-electron chi connectivity index (χ0n) is 11.0. The summed E-state index contributed by atoms with van der Waals surface area (Å²) in [5.41, 5.74) is 1.64. The van der Waals surface area contributed by atoms with E-state index >= 15 is 0 Å². The van der Waals surface area contributed by atoms with Crippen LogP contribution in [0.1, 0.15) is 22.7 Å². The molecule has 2 aromatic rings. The van der Waals surface area contributed by atoms with Gasteiger partial charge in [-0.1, -0.05) is 17.7 Å². The summed E-state index contributed by atoms with van der Waals surface area (Å²) >= 11 is 5.88. The lowest BCUT2D eigenvalue weighted by molar-refractivity contribution is 0.483. The number of halogens is 4. The highest BCUT2D eigenvalue weighted by Gasteiger charge is 2.20. The molecule has 0 bridgehead atoms. The Balaban J connectivity index is 2.55. The number of hydrogen-bond donors (Lipinski definition) is 1. The van der Waals surface area contributed by atoms with Crippen molar-refractivity contribution >= 4 is 11.6 Å². The van der Waals surface area contributed by atoms with Gasteiger partial charge < -0.3 is 5.32 Å². The molecule has 0 aliphatic rings. The normalized spacial score (nSPS) is 12.5. The van der Waals surface area contributed by atoms with Crippen LogP contribution in [0.3, 0.4) is 0 Å². The first-order valence-corrected chi connectivity index (χ1v) is 6.39. The van der Waals surface area contributed by atoms with Crippen LogP contribution in [0.15, 0.2) is 30.3 Å². The van der Waals surface area contributed by atoms with E-state index in [1.165, 1.54) is 0 Å². The monoisotopic (exact) mass is 299 g/mol. The first-order valence-electron chi connectivity index (χ1n) is 6.01. The molecule has 2 rings (SSSR count).